The summed E-state index contributed by atoms with van der Waals surface area (Å²) in [6.45, 7) is 6.06. The van der Waals surface area contributed by atoms with Gasteiger partial charge >= 0.3 is 0 Å². The lowest BCUT2D eigenvalue weighted by atomic mass is 10.1. The molecule has 3 nitrogen and oxygen atoms in total. The lowest BCUT2D eigenvalue weighted by Crippen LogP contribution is -2.10. The molecule has 138 valence electrons. The molecule has 0 unspecified atom stereocenters. The minimum absolute atomic E-state index is 0.107. The Balaban J connectivity index is 2.06. The quantitative estimate of drug-likeness (QED) is 0.402. The molecular weight excluding hydrogens is 320 g/mol. The average Bonchev–Trinajstić information content (AvgIpc) is 2.60. The van der Waals surface area contributed by atoms with Crippen molar-refractivity contribution >= 4 is 23.0 Å². The van der Waals surface area contributed by atoms with Crippen molar-refractivity contribution in [3.8, 4) is 0 Å². The van der Waals surface area contributed by atoms with Crippen LogP contribution in [0, 0.1) is 0 Å². The molecule has 1 amide bonds. The minimum Gasteiger partial charge on any atom is -0.354 e. The van der Waals surface area contributed by atoms with E-state index in [1.165, 1.54) is 31.2 Å². The fraction of sp³-hybridized carbons (Fsp3) is 0.348. The molecule has 3 heteroatoms. The van der Waals surface area contributed by atoms with Crippen LogP contribution in [0.25, 0.3) is 0 Å². The van der Waals surface area contributed by atoms with Gasteiger partial charge in [0.2, 0.25) is 5.91 Å². The van der Waals surface area contributed by atoms with Crippen LogP contribution < -0.4 is 10.6 Å². The van der Waals surface area contributed by atoms with Gasteiger partial charge in [0, 0.05) is 11.8 Å². The first-order valence-corrected chi connectivity index (χ1v) is 9.49. The molecule has 0 aliphatic heterocycles. The zero-order chi connectivity index (χ0) is 18.8. The molecule has 2 rings (SSSR count). The van der Waals surface area contributed by atoms with Crippen LogP contribution >= 0.6 is 0 Å². The van der Waals surface area contributed by atoms with Crippen LogP contribution in [0.5, 0.6) is 0 Å². The van der Waals surface area contributed by atoms with Crippen LogP contribution in [0.3, 0.4) is 0 Å². The molecule has 0 saturated heterocycles. The summed E-state index contributed by atoms with van der Waals surface area (Å²) in [5.41, 5.74) is 5.04. The van der Waals surface area contributed by atoms with Crippen LogP contribution in [-0.2, 0) is 11.2 Å². The van der Waals surface area contributed by atoms with Gasteiger partial charge in [-0.25, -0.2) is 0 Å². The van der Waals surface area contributed by atoms with Crippen LogP contribution in [0.1, 0.15) is 52.0 Å². The number of hydrogen-bond donors (Lipinski definition) is 2. The minimum atomic E-state index is -0.107. The number of anilines is 3. The third-order valence-corrected chi connectivity index (χ3v) is 4.13. The fourth-order valence-corrected chi connectivity index (χ4v) is 2.85. The zero-order valence-electron chi connectivity index (χ0n) is 16.1. The normalized spacial score (nSPS) is 10.3. The molecule has 0 fully saturated rings. The number of allylic oxidation sites excluding steroid dienone is 1. The summed E-state index contributed by atoms with van der Waals surface area (Å²) >= 11 is 0. The van der Waals surface area contributed by atoms with E-state index >= 15 is 0 Å². The number of benzene rings is 2. The number of aryl methyl sites for hydroxylation is 1. The number of rotatable bonds is 9. The Kier molecular flexibility index (Phi) is 7.94. The van der Waals surface area contributed by atoms with E-state index in [0.717, 1.165) is 29.1 Å². The van der Waals surface area contributed by atoms with E-state index < -0.39 is 0 Å². The monoisotopic (exact) mass is 350 g/mol. The van der Waals surface area contributed by atoms with Crippen molar-refractivity contribution in [2.75, 3.05) is 10.6 Å². The smallest absolute Gasteiger partial charge is 0.248 e. The van der Waals surface area contributed by atoms with Crippen LogP contribution in [-0.4, -0.2) is 5.91 Å². The lowest BCUT2D eigenvalue weighted by molar-refractivity contribution is -0.111. The number of para-hydroxylation sites is 2. The number of amides is 1. The summed E-state index contributed by atoms with van der Waals surface area (Å²) in [7, 11) is 0. The molecule has 2 aromatic rings. The van der Waals surface area contributed by atoms with Crippen LogP contribution in [0.4, 0.5) is 17.1 Å². The number of carbonyl (C=O) groups is 1. The molecule has 0 atom stereocenters. The van der Waals surface area contributed by atoms with Gasteiger partial charge in [-0.3, -0.25) is 4.79 Å². The van der Waals surface area contributed by atoms with E-state index in [1.54, 1.807) is 6.08 Å². The Morgan fingerprint density at radius 1 is 0.962 bits per heavy atom. The zero-order valence-corrected chi connectivity index (χ0v) is 16.1. The fourth-order valence-electron chi connectivity index (χ4n) is 2.85. The molecule has 0 radical (unpaired) electrons. The van der Waals surface area contributed by atoms with Gasteiger partial charge in [-0.1, -0.05) is 56.0 Å². The Hall–Kier alpha value is -2.55. The van der Waals surface area contributed by atoms with Crippen LogP contribution in [0.15, 0.2) is 60.2 Å². The number of nitrogens with one attached hydrogen (secondary N) is 2. The molecule has 0 aliphatic carbocycles. The summed E-state index contributed by atoms with van der Waals surface area (Å²) in [5, 5.41) is 6.38. The largest absolute Gasteiger partial charge is 0.354 e. The second-order valence-corrected chi connectivity index (χ2v) is 6.89. The lowest BCUT2D eigenvalue weighted by Gasteiger charge is -2.13. The van der Waals surface area contributed by atoms with Crippen molar-refractivity contribution in [3.63, 3.8) is 0 Å². The van der Waals surface area contributed by atoms with Crippen molar-refractivity contribution in [2.45, 2.75) is 52.9 Å². The molecule has 0 heterocycles. The van der Waals surface area contributed by atoms with E-state index in [1.807, 2.05) is 38.1 Å². The second-order valence-electron chi connectivity index (χ2n) is 6.89. The highest BCUT2D eigenvalue weighted by molar-refractivity contribution is 6.02. The number of hydrogen-bond acceptors (Lipinski definition) is 2. The SMILES string of the molecule is CCCCCCc1cccc(Nc2ccccc2NC(=O)C=C(C)C)c1. The van der Waals surface area contributed by atoms with Crippen molar-refractivity contribution in [3.05, 3.63) is 65.7 Å². The van der Waals surface area contributed by atoms with Gasteiger partial charge in [0.25, 0.3) is 0 Å². The maximum Gasteiger partial charge on any atom is 0.248 e. The third kappa shape index (κ3) is 6.75. The Bertz CT molecular complexity index is 745. The van der Waals surface area contributed by atoms with Crippen molar-refractivity contribution in [2.24, 2.45) is 0 Å². The first kappa shape index (κ1) is 19.8. The highest BCUT2D eigenvalue weighted by Gasteiger charge is 2.05. The average molecular weight is 351 g/mol. The molecule has 0 aromatic heterocycles. The summed E-state index contributed by atoms with van der Waals surface area (Å²) in [6, 6.07) is 16.3. The Morgan fingerprint density at radius 2 is 1.73 bits per heavy atom. The topological polar surface area (TPSA) is 41.1 Å². The molecule has 0 spiro atoms. The summed E-state index contributed by atoms with van der Waals surface area (Å²) < 4.78 is 0. The standard InChI is InChI=1S/C23H30N2O/c1-4-5-6-7-11-19-12-10-13-20(17-19)24-21-14-8-9-15-22(21)25-23(26)16-18(2)3/h8-10,12-17,24H,4-7,11H2,1-3H3,(H,25,26). The van der Waals surface area contributed by atoms with Gasteiger partial charge in [-0.05, 0) is 56.5 Å². The van der Waals surface area contributed by atoms with E-state index in [-0.39, 0.29) is 5.91 Å². The van der Waals surface area contributed by atoms with Gasteiger partial charge in [0.15, 0.2) is 0 Å². The summed E-state index contributed by atoms with van der Waals surface area (Å²) in [4.78, 5) is 12.0. The number of unbranched alkanes of at least 4 members (excludes halogenated alkanes) is 3. The summed E-state index contributed by atoms with van der Waals surface area (Å²) in [5.74, 6) is -0.107. The molecule has 26 heavy (non-hydrogen) atoms. The van der Waals surface area contributed by atoms with E-state index in [4.69, 9.17) is 0 Å². The highest BCUT2D eigenvalue weighted by Crippen LogP contribution is 2.26. The molecule has 2 N–H and O–H groups in total. The van der Waals surface area contributed by atoms with Gasteiger partial charge in [-0.2, -0.15) is 0 Å². The predicted octanol–water partition coefficient (Wildman–Crippen LogP) is 6.46. The molecule has 0 bridgehead atoms. The molecule has 0 aliphatic rings. The first-order chi connectivity index (χ1) is 12.6. The van der Waals surface area contributed by atoms with Crippen molar-refractivity contribution in [1.29, 1.82) is 0 Å². The van der Waals surface area contributed by atoms with E-state index in [2.05, 4.69) is 41.8 Å². The van der Waals surface area contributed by atoms with Gasteiger partial charge in [0.1, 0.15) is 0 Å². The van der Waals surface area contributed by atoms with Crippen LogP contribution in [0.2, 0.25) is 0 Å². The number of carbonyl (C=O) groups excluding carboxylic acids is 1. The molecular formula is C23H30N2O. The predicted molar refractivity (Wildman–Crippen MR) is 112 cm³/mol. The Morgan fingerprint density at radius 3 is 2.46 bits per heavy atom. The maximum absolute atomic E-state index is 12.0. The van der Waals surface area contributed by atoms with Gasteiger partial charge in [0.05, 0.1) is 11.4 Å². The van der Waals surface area contributed by atoms with Gasteiger partial charge < -0.3 is 10.6 Å². The second kappa shape index (κ2) is 10.4. The highest BCUT2D eigenvalue weighted by atomic mass is 16.1. The van der Waals surface area contributed by atoms with Gasteiger partial charge in [-0.15, -0.1) is 0 Å². The van der Waals surface area contributed by atoms with E-state index in [0.29, 0.717) is 0 Å². The van der Waals surface area contributed by atoms with E-state index in [9.17, 15) is 4.79 Å². The Labute approximate surface area is 157 Å². The molecule has 2 aromatic carbocycles. The van der Waals surface area contributed by atoms with Crippen molar-refractivity contribution < 1.29 is 4.79 Å². The maximum atomic E-state index is 12.0. The first-order valence-electron chi connectivity index (χ1n) is 9.49. The third-order valence-electron chi connectivity index (χ3n) is 4.13. The van der Waals surface area contributed by atoms with Crippen molar-refractivity contribution in [1.82, 2.24) is 0 Å². The summed E-state index contributed by atoms with van der Waals surface area (Å²) in [6.07, 6.45) is 7.79. The molecule has 0 saturated carbocycles.